The Bertz CT molecular complexity index is 459. The molecule has 0 bridgehead atoms. The number of ether oxygens (including phenoxy) is 1. The van der Waals surface area contributed by atoms with Gasteiger partial charge in [0, 0.05) is 19.7 Å². The lowest BCUT2D eigenvalue weighted by Gasteiger charge is -2.06. The first-order valence-corrected chi connectivity index (χ1v) is 6.49. The molecule has 0 spiro atoms. The molecular formula is C11H16N4OS. The molecule has 3 N–H and O–H groups in total. The van der Waals surface area contributed by atoms with Crippen molar-refractivity contribution < 1.29 is 4.74 Å². The highest BCUT2D eigenvalue weighted by molar-refractivity contribution is 7.17. The fourth-order valence-corrected chi connectivity index (χ4v) is 2.29. The van der Waals surface area contributed by atoms with E-state index in [4.69, 9.17) is 10.5 Å². The highest BCUT2D eigenvalue weighted by Crippen LogP contribution is 2.24. The Morgan fingerprint density at radius 2 is 2.29 bits per heavy atom. The van der Waals surface area contributed by atoms with E-state index in [2.05, 4.69) is 15.3 Å². The maximum atomic E-state index is 5.33. The predicted octanol–water partition coefficient (Wildman–Crippen LogP) is 1.47. The number of fused-ring (bicyclic) bond motifs is 1. The molecule has 17 heavy (non-hydrogen) atoms. The van der Waals surface area contributed by atoms with Gasteiger partial charge in [-0.05, 0) is 17.9 Å². The van der Waals surface area contributed by atoms with E-state index in [-0.39, 0.29) is 0 Å². The van der Waals surface area contributed by atoms with Crippen LogP contribution in [0.15, 0.2) is 17.8 Å². The summed E-state index contributed by atoms with van der Waals surface area (Å²) in [6, 6.07) is 2.00. The minimum Gasteiger partial charge on any atom is -0.380 e. The van der Waals surface area contributed by atoms with Crippen LogP contribution >= 0.6 is 11.3 Å². The van der Waals surface area contributed by atoms with Crippen LogP contribution in [0.25, 0.3) is 10.2 Å². The predicted molar refractivity (Wildman–Crippen MR) is 70.4 cm³/mol. The van der Waals surface area contributed by atoms with Gasteiger partial charge in [0.1, 0.15) is 12.1 Å². The van der Waals surface area contributed by atoms with Crippen molar-refractivity contribution in [3.63, 3.8) is 0 Å². The lowest BCUT2D eigenvalue weighted by molar-refractivity contribution is 0.141. The molecule has 0 saturated carbocycles. The second kappa shape index (κ2) is 6.48. The van der Waals surface area contributed by atoms with Crippen molar-refractivity contribution in [1.29, 1.82) is 0 Å². The molecule has 0 aromatic carbocycles. The molecule has 2 heterocycles. The van der Waals surface area contributed by atoms with E-state index in [0.29, 0.717) is 13.2 Å². The zero-order valence-corrected chi connectivity index (χ0v) is 10.4. The summed E-state index contributed by atoms with van der Waals surface area (Å²) >= 11 is 1.65. The van der Waals surface area contributed by atoms with Crippen LogP contribution in [0.5, 0.6) is 0 Å². The topological polar surface area (TPSA) is 73.1 Å². The number of anilines is 1. The van der Waals surface area contributed by atoms with E-state index in [9.17, 15) is 0 Å². The van der Waals surface area contributed by atoms with Crippen LogP contribution in [0.4, 0.5) is 5.82 Å². The molecule has 0 saturated heterocycles. The molecule has 0 unspecified atom stereocenters. The molecule has 0 aliphatic rings. The Labute approximate surface area is 104 Å². The number of aromatic nitrogens is 2. The fourth-order valence-electron chi connectivity index (χ4n) is 1.48. The molecule has 6 heteroatoms. The van der Waals surface area contributed by atoms with Gasteiger partial charge in [-0.15, -0.1) is 11.3 Å². The summed E-state index contributed by atoms with van der Waals surface area (Å²) in [5, 5.41) is 5.32. The third-order valence-corrected chi connectivity index (χ3v) is 3.17. The van der Waals surface area contributed by atoms with E-state index < -0.39 is 0 Å². The Morgan fingerprint density at radius 1 is 1.35 bits per heavy atom. The van der Waals surface area contributed by atoms with Crippen molar-refractivity contribution in [2.75, 3.05) is 31.6 Å². The van der Waals surface area contributed by atoms with Gasteiger partial charge < -0.3 is 15.8 Å². The molecule has 0 fully saturated rings. The maximum absolute atomic E-state index is 5.33. The van der Waals surface area contributed by atoms with Crippen LogP contribution in [0.2, 0.25) is 0 Å². The number of nitrogens with two attached hydrogens (primary N) is 1. The lowest BCUT2D eigenvalue weighted by Crippen LogP contribution is -2.11. The van der Waals surface area contributed by atoms with Gasteiger partial charge in [0.05, 0.1) is 16.8 Å². The van der Waals surface area contributed by atoms with Crippen LogP contribution in [-0.2, 0) is 4.74 Å². The van der Waals surface area contributed by atoms with Crippen molar-refractivity contribution in [1.82, 2.24) is 9.97 Å². The first kappa shape index (κ1) is 12.2. The minimum atomic E-state index is 0.579. The van der Waals surface area contributed by atoms with Gasteiger partial charge in [0.25, 0.3) is 0 Å². The summed E-state index contributed by atoms with van der Waals surface area (Å²) in [6.45, 7) is 2.77. The summed E-state index contributed by atoms with van der Waals surface area (Å²) in [5.74, 6) is 0.906. The Morgan fingerprint density at radius 3 is 3.18 bits per heavy atom. The molecular weight excluding hydrogens is 236 g/mol. The lowest BCUT2D eigenvalue weighted by atomic mass is 10.4. The van der Waals surface area contributed by atoms with Gasteiger partial charge in [0.15, 0.2) is 0 Å². The van der Waals surface area contributed by atoms with Gasteiger partial charge in [-0.3, -0.25) is 0 Å². The Hall–Kier alpha value is -1.24. The van der Waals surface area contributed by atoms with Crippen molar-refractivity contribution >= 4 is 27.4 Å². The molecule has 5 nitrogen and oxygen atoms in total. The second-order valence-electron chi connectivity index (χ2n) is 3.54. The molecule has 2 aromatic rings. The second-order valence-corrected chi connectivity index (χ2v) is 4.45. The summed E-state index contributed by atoms with van der Waals surface area (Å²) in [5.41, 5.74) is 6.32. The summed E-state index contributed by atoms with van der Waals surface area (Å²) in [4.78, 5) is 8.43. The first-order chi connectivity index (χ1) is 8.42. The molecule has 2 rings (SSSR count). The smallest absolute Gasteiger partial charge is 0.147 e. The largest absolute Gasteiger partial charge is 0.380 e. The van der Waals surface area contributed by atoms with E-state index in [0.717, 1.165) is 35.6 Å². The number of hydrogen-bond donors (Lipinski definition) is 2. The highest BCUT2D eigenvalue weighted by Gasteiger charge is 2.03. The molecule has 0 aliphatic heterocycles. The highest BCUT2D eigenvalue weighted by atomic mass is 32.1. The van der Waals surface area contributed by atoms with Crippen LogP contribution in [0.3, 0.4) is 0 Å². The molecule has 0 aliphatic carbocycles. The maximum Gasteiger partial charge on any atom is 0.147 e. The van der Waals surface area contributed by atoms with Crippen molar-refractivity contribution in [2.45, 2.75) is 6.42 Å². The zero-order chi connectivity index (χ0) is 11.9. The van der Waals surface area contributed by atoms with Crippen LogP contribution in [0.1, 0.15) is 6.42 Å². The number of rotatable bonds is 7. The summed E-state index contributed by atoms with van der Waals surface area (Å²) in [7, 11) is 0. The van der Waals surface area contributed by atoms with Crippen molar-refractivity contribution in [3.8, 4) is 0 Å². The molecule has 2 aromatic heterocycles. The third-order valence-electron chi connectivity index (χ3n) is 2.26. The van der Waals surface area contributed by atoms with Gasteiger partial charge in [0.2, 0.25) is 0 Å². The van der Waals surface area contributed by atoms with Crippen molar-refractivity contribution in [2.24, 2.45) is 5.73 Å². The first-order valence-electron chi connectivity index (χ1n) is 5.61. The number of nitrogens with one attached hydrogen (secondary N) is 1. The standard InChI is InChI=1S/C11H16N4OS/c12-3-6-16-5-1-4-13-11-10-9(2-7-17-10)14-8-15-11/h2,7-8H,1,3-6,12H2,(H,13,14,15). The normalized spacial score (nSPS) is 10.9. The van der Waals surface area contributed by atoms with E-state index in [1.807, 2.05) is 11.4 Å². The third kappa shape index (κ3) is 3.36. The zero-order valence-electron chi connectivity index (χ0n) is 9.56. The Balaban J connectivity index is 1.80. The fraction of sp³-hybridized carbons (Fsp3) is 0.455. The van der Waals surface area contributed by atoms with E-state index in [1.165, 1.54) is 0 Å². The average molecular weight is 252 g/mol. The van der Waals surface area contributed by atoms with E-state index >= 15 is 0 Å². The summed E-state index contributed by atoms with van der Waals surface area (Å²) in [6.07, 6.45) is 2.53. The quantitative estimate of drug-likeness (QED) is 0.730. The van der Waals surface area contributed by atoms with E-state index in [1.54, 1.807) is 17.7 Å². The van der Waals surface area contributed by atoms with Gasteiger partial charge in [-0.1, -0.05) is 0 Å². The van der Waals surface area contributed by atoms with Gasteiger partial charge in [-0.25, -0.2) is 9.97 Å². The molecule has 0 atom stereocenters. The van der Waals surface area contributed by atoms with Crippen LogP contribution < -0.4 is 11.1 Å². The summed E-state index contributed by atoms with van der Waals surface area (Å²) < 4.78 is 6.40. The van der Waals surface area contributed by atoms with Gasteiger partial charge in [-0.2, -0.15) is 0 Å². The van der Waals surface area contributed by atoms with Crippen molar-refractivity contribution in [3.05, 3.63) is 17.8 Å². The Kier molecular flexibility index (Phi) is 4.66. The average Bonchev–Trinajstić information content (AvgIpc) is 2.82. The molecule has 0 radical (unpaired) electrons. The molecule has 0 amide bonds. The number of nitrogens with zero attached hydrogens (tertiary/aromatic N) is 2. The minimum absolute atomic E-state index is 0.579. The number of hydrogen-bond acceptors (Lipinski definition) is 6. The van der Waals surface area contributed by atoms with Crippen LogP contribution in [0, 0.1) is 0 Å². The number of thiophene rings is 1. The van der Waals surface area contributed by atoms with Crippen LogP contribution in [-0.4, -0.2) is 36.3 Å². The SMILES string of the molecule is NCCOCCCNc1ncnc2ccsc12. The molecule has 92 valence electrons. The van der Waals surface area contributed by atoms with Gasteiger partial charge >= 0.3 is 0 Å². The monoisotopic (exact) mass is 252 g/mol.